The molecule has 2 N–H and O–H groups in total. The van der Waals surface area contributed by atoms with E-state index in [0.29, 0.717) is 0 Å². The SMILES string of the molecule is CCC(=O)O.CCNN(CC)CC. The van der Waals surface area contributed by atoms with E-state index >= 15 is 0 Å². The monoisotopic (exact) mass is 190 g/mol. The van der Waals surface area contributed by atoms with Crippen molar-refractivity contribution in [1.82, 2.24) is 10.4 Å². The van der Waals surface area contributed by atoms with Crippen LogP contribution in [-0.2, 0) is 4.79 Å². The van der Waals surface area contributed by atoms with Gasteiger partial charge in [0.15, 0.2) is 0 Å². The molecule has 0 amide bonds. The van der Waals surface area contributed by atoms with Gasteiger partial charge in [0.25, 0.3) is 0 Å². The lowest BCUT2D eigenvalue weighted by Gasteiger charge is -2.17. The van der Waals surface area contributed by atoms with Crippen LogP contribution in [0.2, 0.25) is 0 Å². The van der Waals surface area contributed by atoms with Gasteiger partial charge in [-0.2, -0.15) is 0 Å². The molecule has 4 heteroatoms. The summed E-state index contributed by atoms with van der Waals surface area (Å²) >= 11 is 0. The van der Waals surface area contributed by atoms with Crippen molar-refractivity contribution >= 4 is 5.97 Å². The first-order chi connectivity index (χ1) is 6.12. The van der Waals surface area contributed by atoms with E-state index in [2.05, 4.69) is 31.2 Å². The zero-order valence-corrected chi connectivity index (χ0v) is 9.13. The fourth-order valence-electron chi connectivity index (χ4n) is 0.671. The molecule has 0 rings (SSSR count). The average molecular weight is 190 g/mol. The van der Waals surface area contributed by atoms with Crippen molar-refractivity contribution in [3.05, 3.63) is 0 Å². The van der Waals surface area contributed by atoms with E-state index in [9.17, 15) is 4.79 Å². The van der Waals surface area contributed by atoms with E-state index in [1.54, 1.807) is 6.92 Å². The Balaban J connectivity index is 0. The van der Waals surface area contributed by atoms with Gasteiger partial charge in [0.2, 0.25) is 0 Å². The van der Waals surface area contributed by atoms with Crippen LogP contribution in [0.25, 0.3) is 0 Å². The van der Waals surface area contributed by atoms with Crippen molar-refractivity contribution in [2.75, 3.05) is 19.6 Å². The number of hydrogen-bond acceptors (Lipinski definition) is 3. The maximum atomic E-state index is 9.37. The quantitative estimate of drug-likeness (QED) is 0.642. The summed E-state index contributed by atoms with van der Waals surface area (Å²) in [6.45, 7) is 11.2. The van der Waals surface area contributed by atoms with Crippen molar-refractivity contribution < 1.29 is 9.90 Å². The number of aliphatic carboxylic acids is 1. The lowest BCUT2D eigenvalue weighted by atomic mass is 10.5. The molecule has 0 aliphatic heterocycles. The number of hydrogen-bond donors (Lipinski definition) is 2. The molecule has 0 atom stereocenters. The summed E-state index contributed by atoms with van der Waals surface area (Å²) in [4.78, 5) is 9.37. The van der Waals surface area contributed by atoms with Gasteiger partial charge in [0.05, 0.1) is 0 Å². The van der Waals surface area contributed by atoms with Crippen LogP contribution in [0.3, 0.4) is 0 Å². The molecule has 0 radical (unpaired) electrons. The summed E-state index contributed by atoms with van der Waals surface area (Å²) in [5.74, 6) is -0.745. The van der Waals surface area contributed by atoms with Gasteiger partial charge in [-0.25, -0.2) is 5.01 Å². The van der Waals surface area contributed by atoms with Crippen molar-refractivity contribution in [1.29, 1.82) is 0 Å². The molecule has 0 bridgehead atoms. The Morgan fingerprint density at radius 2 is 1.62 bits per heavy atom. The third-order valence-electron chi connectivity index (χ3n) is 1.45. The first-order valence-electron chi connectivity index (χ1n) is 4.82. The van der Waals surface area contributed by atoms with Gasteiger partial charge in [-0.15, -0.1) is 0 Å². The Kier molecular flexibility index (Phi) is 13.0. The molecule has 0 unspecified atom stereocenters. The third-order valence-corrected chi connectivity index (χ3v) is 1.45. The molecule has 0 aliphatic rings. The van der Waals surface area contributed by atoms with Gasteiger partial charge in [-0.3, -0.25) is 10.2 Å². The zero-order valence-electron chi connectivity index (χ0n) is 9.13. The maximum absolute atomic E-state index is 9.37. The highest BCUT2D eigenvalue weighted by Crippen LogP contribution is 1.76. The Morgan fingerprint density at radius 1 is 1.23 bits per heavy atom. The zero-order chi connectivity index (χ0) is 10.7. The largest absolute Gasteiger partial charge is 0.481 e. The van der Waals surface area contributed by atoms with Crippen molar-refractivity contribution in [3.63, 3.8) is 0 Å². The summed E-state index contributed by atoms with van der Waals surface area (Å²) in [6.07, 6.45) is 0.222. The molecule has 13 heavy (non-hydrogen) atoms. The number of rotatable bonds is 5. The predicted octanol–water partition coefficient (Wildman–Crippen LogP) is 1.33. The minimum absolute atomic E-state index is 0.222. The van der Waals surface area contributed by atoms with Crippen LogP contribution in [0, 0.1) is 0 Å². The van der Waals surface area contributed by atoms with Crippen molar-refractivity contribution in [2.24, 2.45) is 0 Å². The minimum atomic E-state index is -0.745. The number of hydrazine groups is 1. The van der Waals surface area contributed by atoms with E-state index < -0.39 is 5.97 Å². The van der Waals surface area contributed by atoms with Gasteiger partial charge in [-0.1, -0.05) is 27.7 Å². The van der Waals surface area contributed by atoms with Crippen LogP contribution in [0.15, 0.2) is 0 Å². The molecule has 80 valence electrons. The van der Waals surface area contributed by atoms with E-state index in [1.165, 1.54) is 0 Å². The third kappa shape index (κ3) is 14.3. The van der Waals surface area contributed by atoms with Gasteiger partial charge in [-0.05, 0) is 0 Å². The topological polar surface area (TPSA) is 52.6 Å². The molecule has 0 heterocycles. The highest BCUT2D eigenvalue weighted by Gasteiger charge is 1.91. The lowest BCUT2D eigenvalue weighted by Crippen LogP contribution is -2.37. The highest BCUT2D eigenvalue weighted by molar-refractivity contribution is 5.66. The van der Waals surface area contributed by atoms with E-state index in [-0.39, 0.29) is 6.42 Å². The van der Waals surface area contributed by atoms with Gasteiger partial charge < -0.3 is 5.11 Å². The van der Waals surface area contributed by atoms with Crippen LogP contribution in [0.1, 0.15) is 34.1 Å². The van der Waals surface area contributed by atoms with Crippen LogP contribution in [0.4, 0.5) is 0 Å². The van der Waals surface area contributed by atoms with Gasteiger partial charge in [0, 0.05) is 26.1 Å². The van der Waals surface area contributed by atoms with Crippen LogP contribution in [0.5, 0.6) is 0 Å². The van der Waals surface area contributed by atoms with E-state index in [1.807, 2.05) is 0 Å². The second-order valence-corrected chi connectivity index (χ2v) is 2.43. The normalized spacial score (nSPS) is 9.31. The molecule has 0 aromatic heterocycles. The smallest absolute Gasteiger partial charge is 0.303 e. The molecule has 0 saturated carbocycles. The molecule has 0 aromatic carbocycles. The Hall–Kier alpha value is -0.610. The first kappa shape index (κ1) is 14.9. The summed E-state index contributed by atoms with van der Waals surface area (Å²) < 4.78 is 0. The first-order valence-corrected chi connectivity index (χ1v) is 4.82. The molecular weight excluding hydrogens is 168 g/mol. The fraction of sp³-hybridized carbons (Fsp3) is 0.889. The number of carboxylic acid groups (broad SMARTS) is 1. The van der Waals surface area contributed by atoms with E-state index in [4.69, 9.17) is 5.11 Å². The molecule has 0 saturated heterocycles. The second kappa shape index (κ2) is 11.4. The van der Waals surface area contributed by atoms with E-state index in [0.717, 1.165) is 19.6 Å². The summed E-state index contributed by atoms with van der Waals surface area (Å²) in [5.41, 5.74) is 3.22. The number of nitrogens with one attached hydrogen (secondary N) is 1. The maximum Gasteiger partial charge on any atom is 0.303 e. The van der Waals surface area contributed by atoms with Gasteiger partial charge in [0.1, 0.15) is 0 Å². The van der Waals surface area contributed by atoms with Crippen molar-refractivity contribution in [2.45, 2.75) is 34.1 Å². The van der Waals surface area contributed by atoms with Crippen LogP contribution < -0.4 is 5.43 Å². The molecule has 4 nitrogen and oxygen atoms in total. The minimum Gasteiger partial charge on any atom is -0.481 e. The average Bonchev–Trinajstić information content (AvgIpc) is 2.15. The summed E-state index contributed by atoms with van der Waals surface area (Å²) in [6, 6.07) is 0. The Morgan fingerprint density at radius 3 is 1.69 bits per heavy atom. The molecule has 0 aromatic rings. The summed E-state index contributed by atoms with van der Waals surface area (Å²) in [7, 11) is 0. The molecule has 0 spiro atoms. The van der Waals surface area contributed by atoms with Crippen LogP contribution >= 0.6 is 0 Å². The Labute approximate surface area is 80.9 Å². The number of carboxylic acids is 1. The number of carbonyl (C=O) groups is 1. The molecular formula is C9H22N2O2. The Bertz CT molecular complexity index is 114. The number of nitrogens with zero attached hydrogens (tertiary/aromatic N) is 1. The van der Waals surface area contributed by atoms with Gasteiger partial charge >= 0.3 is 5.97 Å². The fourth-order valence-corrected chi connectivity index (χ4v) is 0.671. The second-order valence-electron chi connectivity index (χ2n) is 2.43. The lowest BCUT2D eigenvalue weighted by molar-refractivity contribution is -0.136. The molecule has 0 fully saturated rings. The van der Waals surface area contributed by atoms with Crippen LogP contribution in [-0.4, -0.2) is 35.7 Å². The van der Waals surface area contributed by atoms with Crippen molar-refractivity contribution in [3.8, 4) is 0 Å². The highest BCUT2D eigenvalue weighted by atomic mass is 16.4. The standard InChI is InChI=1S/C6H16N2.C3H6O2/c1-4-7-8(5-2)6-3;1-2-3(4)5/h7H,4-6H2,1-3H3;2H2,1H3,(H,4,5). The predicted molar refractivity (Wildman–Crippen MR) is 54.5 cm³/mol. The summed E-state index contributed by atoms with van der Waals surface area (Å²) in [5, 5.41) is 9.90. The molecule has 0 aliphatic carbocycles.